The molecule has 2 aromatic rings. The van der Waals surface area contributed by atoms with Crippen molar-refractivity contribution in [3.05, 3.63) is 45.1 Å². The second-order valence-corrected chi connectivity index (χ2v) is 5.03. The molecule has 0 fully saturated rings. The van der Waals surface area contributed by atoms with E-state index in [0.29, 0.717) is 0 Å². The first kappa shape index (κ1) is 10.7. The van der Waals surface area contributed by atoms with Gasteiger partial charge < -0.3 is 5.73 Å². The van der Waals surface area contributed by atoms with E-state index in [4.69, 9.17) is 5.73 Å². The molecule has 0 saturated carbocycles. The molecule has 3 nitrogen and oxygen atoms in total. The lowest BCUT2D eigenvalue weighted by Gasteiger charge is -2.08. The van der Waals surface area contributed by atoms with Gasteiger partial charge in [-0.2, -0.15) is 0 Å². The van der Waals surface area contributed by atoms with Crippen molar-refractivity contribution in [3.8, 4) is 0 Å². The summed E-state index contributed by atoms with van der Waals surface area (Å²) in [5, 5.41) is 3.00. The maximum atomic E-state index is 6.03. The zero-order chi connectivity index (χ0) is 10.7. The first-order valence-electron chi connectivity index (χ1n) is 4.51. The minimum Gasteiger partial charge on any atom is -0.322 e. The summed E-state index contributed by atoms with van der Waals surface area (Å²) in [7, 11) is 0. The van der Waals surface area contributed by atoms with E-state index < -0.39 is 0 Å². The van der Waals surface area contributed by atoms with Crippen molar-refractivity contribution in [2.24, 2.45) is 5.73 Å². The van der Waals surface area contributed by atoms with Gasteiger partial charge in [-0.15, -0.1) is 11.3 Å². The summed E-state index contributed by atoms with van der Waals surface area (Å²) in [6.45, 7) is 0. The number of rotatable bonds is 3. The Hall–Kier alpha value is -0.780. The van der Waals surface area contributed by atoms with Gasteiger partial charge >= 0.3 is 0 Å². The highest BCUT2D eigenvalue weighted by atomic mass is 79.9. The summed E-state index contributed by atoms with van der Waals surface area (Å²) < 4.78 is 0.965. The Morgan fingerprint density at radius 2 is 2.27 bits per heavy atom. The van der Waals surface area contributed by atoms with E-state index in [2.05, 4.69) is 25.9 Å². The summed E-state index contributed by atoms with van der Waals surface area (Å²) in [5.41, 5.74) is 6.92. The van der Waals surface area contributed by atoms with Crippen LogP contribution in [0.4, 0.5) is 0 Å². The minimum absolute atomic E-state index is 0.0794. The summed E-state index contributed by atoms with van der Waals surface area (Å²) in [5.74, 6) is 0. The highest BCUT2D eigenvalue weighted by Gasteiger charge is 2.09. The summed E-state index contributed by atoms with van der Waals surface area (Å²) >= 11 is 4.96. The Bertz CT molecular complexity index is 413. The van der Waals surface area contributed by atoms with Crippen molar-refractivity contribution >= 4 is 27.3 Å². The molecule has 2 N–H and O–H groups in total. The smallest absolute Gasteiger partial charge is 0.0944 e. The Kier molecular flexibility index (Phi) is 3.45. The Morgan fingerprint density at radius 3 is 2.87 bits per heavy atom. The lowest BCUT2D eigenvalue weighted by Crippen LogP contribution is -2.14. The molecule has 2 rings (SSSR count). The molecule has 0 bridgehead atoms. The second kappa shape index (κ2) is 4.83. The summed E-state index contributed by atoms with van der Waals surface area (Å²) in [6, 6.07) is 3.80. The Balaban J connectivity index is 2.08. The number of nitrogens with two attached hydrogens (primary N) is 1. The highest BCUT2D eigenvalue weighted by Crippen LogP contribution is 2.17. The van der Waals surface area contributed by atoms with Crippen LogP contribution in [0.5, 0.6) is 0 Å². The van der Waals surface area contributed by atoms with Crippen molar-refractivity contribution in [1.82, 2.24) is 9.97 Å². The molecular formula is C10H10BrN3S. The molecule has 0 aliphatic heterocycles. The first-order valence-corrected chi connectivity index (χ1v) is 6.18. The number of hydrogen-bond donors (Lipinski definition) is 1. The lowest BCUT2D eigenvalue weighted by molar-refractivity contribution is 0.693. The first-order chi connectivity index (χ1) is 7.25. The van der Waals surface area contributed by atoms with Crippen molar-refractivity contribution in [1.29, 1.82) is 0 Å². The zero-order valence-electron chi connectivity index (χ0n) is 7.93. The quantitative estimate of drug-likeness (QED) is 0.942. The molecule has 0 aromatic carbocycles. The van der Waals surface area contributed by atoms with Crippen LogP contribution in [0, 0.1) is 0 Å². The molecular weight excluding hydrogens is 274 g/mol. The van der Waals surface area contributed by atoms with Gasteiger partial charge in [-0.25, -0.2) is 4.98 Å². The maximum absolute atomic E-state index is 6.03. The molecule has 15 heavy (non-hydrogen) atoms. The van der Waals surface area contributed by atoms with Crippen LogP contribution in [0.1, 0.15) is 16.7 Å². The molecule has 78 valence electrons. The number of pyridine rings is 1. The third-order valence-corrected chi connectivity index (χ3v) is 3.28. The molecule has 2 heterocycles. The van der Waals surface area contributed by atoms with E-state index in [1.807, 2.05) is 17.5 Å². The fourth-order valence-corrected chi connectivity index (χ4v) is 2.16. The van der Waals surface area contributed by atoms with Crippen molar-refractivity contribution in [2.45, 2.75) is 12.5 Å². The van der Waals surface area contributed by atoms with E-state index in [1.165, 1.54) is 0 Å². The highest BCUT2D eigenvalue weighted by molar-refractivity contribution is 9.10. The Morgan fingerprint density at radius 1 is 1.40 bits per heavy atom. The average molecular weight is 284 g/mol. The van der Waals surface area contributed by atoms with E-state index >= 15 is 0 Å². The fraction of sp³-hybridized carbons (Fsp3) is 0.200. The van der Waals surface area contributed by atoms with Gasteiger partial charge in [0.05, 0.1) is 16.7 Å². The van der Waals surface area contributed by atoms with Crippen LogP contribution in [-0.4, -0.2) is 9.97 Å². The van der Waals surface area contributed by atoms with Crippen molar-refractivity contribution in [2.75, 3.05) is 0 Å². The summed E-state index contributed by atoms with van der Waals surface area (Å²) in [4.78, 5) is 8.46. The zero-order valence-corrected chi connectivity index (χ0v) is 10.3. The molecule has 1 unspecified atom stereocenters. The number of thiazole rings is 1. The topological polar surface area (TPSA) is 51.8 Å². The number of hydrogen-bond acceptors (Lipinski definition) is 4. The van der Waals surface area contributed by atoms with Crippen LogP contribution in [0.25, 0.3) is 0 Å². The number of nitrogens with zero attached hydrogens (tertiary/aromatic N) is 2. The molecule has 0 amide bonds. The van der Waals surface area contributed by atoms with Crippen molar-refractivity contribution in [3.63, 3.8) is 0 Å². The van der Waals surface area contributed by atoms with Gasteiger partial charge in [0.25, 0.3) is 0 Å². The van der Waals surface area contributed by atoms with Crippen LogP contribution in [-0.2, 0) is 6.42 Å². The van der Waals surface area contributed by atoms with Gasteiger partial charge in [-0.1, -0.05) is 0 Å². The molecule has 1 atom stereocenters. The third kappa shape index (κ3) is 2.84. The number of halogens is 1. The molecule has 5 heteroatoms. The normalized spacial score (nSPS) is 12.7. The summed E-state index contributed by atoms with van der Waals surface area (Å²) in [6.07, 6.45) is 4.30. The predicted octanol–water partition coefficient (Wildman–Crippen LogP) is 2.54. The molecule has 0 radical (unpaired) electrons. The molecule has 0 spiro atoms. The lowest BCUT2D eigenvalue weighted by atomic mass is 10.1. The minimum atomic E-state index is -0.0794. The van der Waals surface area contributed by atoms with Crippen LogP contribution >= 0.6 is 27.3 Å². The maximum Gasteiger partial charge on any atom is 0.0944 e. The van der Waals surface area contributed by atoms with Gasteiger partial charge in [0, 0.05) is 28.7 Å². The average Bonchev–Trinajstić information content (AvgIpc) is 2.71. The van der Waals surface area contributed by atoms with Crippen LogP contribution < -0.4 is 5.73 Å². The van der Waals surface area contributed by atoms with Gasteiger partial charge in [0.1, 0.15) is 0 Å². The number of aromatic nitrogens is 2. The second-order valence-electron chi connectivity index (χ2n) is 3.14. The largest absolute Gasteiger partial charge is 0.322 e. The van der Waals surface area contributed by atoms with Gasteiger partial charge in [-0.05, 0) is 28.1 Å². The van der Waals surface area contributed by atoms with Crippen LogP contribution in [0.3, 0.4) is 0 Å². The Labute approximate surface area is 101 Å². The predicted molar refractivity (Wildman–Crippen MR) is 64.7 cm³/mol. The van der Waals surface area contributed by atoms with Gasteiger partial charge in [0.2, 0.25) is 0 Å². The monoisotopic (exact) mass is 283 g/mol. The van der Waals surface area contributed by atoms with Gasteiger partial charge in [0.15, 0.2) is 0 Å². The van der Waals surface area contributed by atoms with Crippen LogP contribution in [0.15, 0.2) is 34.4 Å². The molecule has 0 aliphatic carbocycles. The fourth-order valence-electron chi connectivity index (χ4n) is 1.25. The SMILES string of the molecule is NC(Cc1nccs1)c1ccc(Br)cn1. The molecule has 2 aromatic heterocycles. The third-order valence-electron chi connectivity index (χ3n) is 2.01. The van der Waals surface area contributed by atoms with Gasteiger partial charge in [-0.3, -0.25) is 4.98 Å². The van der Waals surface area contributed by atoms with E-state index in [9.17, 15) is 0 Å². The van der Waals surface area contributed by atoms with Crippen LogP contribution in [0.2, 0.25) is 0 Å². The van der Waals surface area contributed by atoms with Crippen molar-refractivity contribution < 1.29 is 0 Å². The van der Waals surface area contributed by atoms with E-state index in [0.717, 1.165) is 21.6 Å². The molecule has 0 aliphatic rings. The van der Waals surface area contributed by atoms with E-state index in [-0.39, 0.29) is 6.04 Å². The molecule has 0 saturated heterocycles. The van der Waals surface area contributed by atoms with E-state index in [1.54, 1.807) is 23.7 Å². The standard InChI is InChI=1S/C10H10BrN3S/c11-7-1-2-9(14-6-7)8(12)5-10-13-3-4-15-10/h1-4,6,8H,5,12H2.